The highest BCUT2D eigenvalue weighted by Crippen LogP contribution is 2.10. The van der Waals surface area contributed by atoms with Gasteiger partial charge in [-0.05, 0) is 24.6 Å². The van der Waals surface area contributed by atoms with Crippen LogP contribution in [-0.4, -0.2) is 39.4 Å². The maximum Gasteiger partial charge on any atom is 0.340 e. The van der Waals surface area contributed by atoms with Crippen molar-refractivity contribution >= 4 is 11.7 Å². The largest absolute Gasteiger partial charge is 0.455 e. The molecule has 8 nitrogen and oxygen atoms in total. The van der Waals surface area contributed by atoms with Crippen LogP contribution in [0.1, 0.15) is 30.6 Å². The number of nitro groups is 1. The molecular formula is C14H17N3O5. The summed E-state index contributed by atoms with van der Waals surface area (Å²) in [6, 6.07) is 2.22. The molecule has 1 N–H and O–H groups in total. The second-order valence-electron chi connectivity index (χ2n) is 4.44. The fourth-order valence-electron chi connectivity index (χ4n) is 1.67. The molecule has 0 aliphatic heterocycles. The van der Waals surface area contributed by atoms with Crippen LogP contribution in [0.4, 0.5) is 0 Å². The van der Waals surface area contributed by atoms with Gasteiger partial charge in [-0.3, -0.25) is 15.1 Å². The summed E-state index contributed by atoms with van der Waals surface area (Å²) in [5, 5.41) is 22.7. The number of carbonyl (C=O) groups is 1. The van der Waals surface area contributed by atoms with Crippen molar-refractivity contribution in [2.75, 3.05) is 6.61 Å². The second-order valence-corrected chi connectivity index (χ2v) is 4.44. The Morgan fingerprint density at radius 2 is 2.36 bits per heavy atom. The van der Waals surface area contributed by atoms with E-state index in [9.17, 15) is 14.9 Å². The van der Waals surface area contributed by atoms with Gasteiger partial charge in [0.2, 0.25) is 6.04 Å². The van der Waals surface area contributed by atoms with Crippen LogP contribution < -0.4 is 0 Å². The van der Waals surface area contributed by atoms with Gasteiger partial charge in [0.1, 0.15) is 12.3 Å². The molecule has 0 aliphatic carbocycles. The number of aromatic nitrogens is 1. The Kier molecular flexibility index (Phi) is 6.68. The van der Waals surface area contributed by atoms with Crippen molar-refractivity contribution in [3.63, 3.8) is 0 Å². The number of carbonyl (C=O) groups excluding carboxylic acids is 1. The smallest absolute Gasteiger partial charge is 0.340 e. The summed E-state index contributed by atoms with van der Waals surface area (Å²) in [7, 11) is 0. The normalized spacial score (nSPS) is 13.5. The van der Waals surface area contributed by atoms with Gasteiger partial charge in [-0.25, -0.2) is 4.79 Å². The van der Waals surface area contributed by atoms with Gasteiger partial charge in [0.25, 0.3) is 0 Å². The first-order valence-electron chi connectivity index (χ1n) is 6.61. The fraction of sp³-hybridized carbons (Fsp3) is 0.357. The fourth-order valence-corrected chi connectivity index (χ4v) is 1.67. The Morgan fingerprint density at radius 1 is 1.64 bits per heavy atom. The van der Waals surface area contributed by atoms with Gasteiger partial charge in [-0.2, -0.15) is 0 Å². The minimum absolute atomic E-state index is 0.0304. The molecule has 0 fully saturated rings. The van der Waals surface area contributed by atoms with Gasteiger partial charge >= 0.3 is 5.97 Å². The van der Waals surface area contributed by atoms with E-state index < -0.39 is 16.9 Å². The number of nitrogens with zero attached hydrogens (tertiary/aromatic N) is 3. The van der Waals surface area contributed by atoms with E-state index in [1.165, 1.54) is 31.5 Å². The van der Waals surface area contributed by atoms with Crippen molar-refractivity contribution in [2.24, 2.45) is 5.16 Å². The quantitative estimate of drug-likeness (QED) is 0.271. The number of rotatable bonds is 7. The summed E-state index contributed by atoms with van der Waals surface area (Å²) in [4.78, 5) is 25.9. The Hall–Kier alpha value is -2.77. The van der Waals surface area contributed by atoms with Crippen molar-refractivity contribution in [2.45, 2.75) is 26.3 Å². The average molecular weight is 307 g/mol. The standard InChI is InChI=1S/C14H17N3O5/c1-3-11(10(2)17(20)21)7-13(16-19)9-22-14(18)12-5-4-6-15-8-12/h4-8,10,19H,3,9H2,1-2H3/b11-7+,16-13+. The number of ether oxygens (including phenoxy) is 1. The molecule has 0 amide bonds. The first-order valence-corrected chi connectivity index (χ1v) is 6.61. The molecule has 0 aliphatic rings. The molecule has 1 unspecified atom stereocenters. The van der Waals surface area contributed by atoms with E-state index in [1.807, 2.05) is 0 Å². The maximum atomic E-state index is 11.7. The third kappa shape index (κ3) is 4.97. The molecule has 1 aromatic heterocycles. The van der Waals surface area contributed by atoms with Gasteiger partial charge in [0.15, 0.2) is 0 Å². The van der Waals surface area contributed by atoms with Crippen molar-refractivity contribution < 1.29 is 19.7 Å². The zero-order valence-corrected chi connectivity index (χ0v) is 12.3. The van der Waals surface area contributed by atoms with E-state index in [0.29, 0.717) is 12.0 Å². The van der Waals surface area contributed by atoms with E-state index >= 15 is 0 Å². The number of pyridine rings is 1. The predicted molar refractivity (Wildman–Crippen MR) is 78.6 cm³/mol. The summed E-state index contributed by atoms with van der Waals surface area (Å²) in [5.74, 6) is -0.622. The van der Waals surface area contributed by atoms with Crippen molar-refractivity contribution in [1.29, 1.82) is 0 Å². The van der Waals surface area contributed by atoms with Crippen LogP contribution in [0.15, 0.2) is 41.3 Å². The molecule has 0 bridgehead atoms. The van der Waals surface area contributed by atoms with Crippen LogP contribution in [0.25, 0.3) is 0 Å². The number of hydrogen-bond acceptors (Lipinski definition) is 7. The van der Waals surface area contributed by atoms with E-state index in [0.717, 1.165) is 0 Å². The molecule has 0 saturated carbocycles. The van der Waals surface area contributed by atoms with Gasteiger partial charge in [-0.1, -0.05) is 12.1 Å². The van der Waals surface area contributed by atoms with Gasteiger partial charge < -0.3 is 9.94 Å². The molecule has 22 heavy (non-hydrogen) atoms. The highest BCUT2D eigenvalue weighted by Gasteiger charge is 2.18. The molecule has 1 heterocycles. The topological polar surface area (TPSA) is 115 Å². The molecular weight excluding hydrogens is 290 g/mol. The number of oxime groups is 1. The van der Waals surface area contributed by atoms with Crippen LogP contribution in [0.2, 0.25) is 0 Å². The summed E-state index contributed by atoms with van der Waals surface area (Å²) in [5.41, 5.74) is 0.760. The SMILES string of the molecule is CC/C(=C\C(COC(=O)c1cccnc1)=N/O)C(C)[N+](=O)[O-]. The zero-order valence-electron chi connectivity index (χ0n) is 12.3. The zero-order chi connectivity index (χ0) is 16.5. The van der Waals surface area contributed by atoms with Gasteiger partial charge in [0.05, 0.1) is 5.56 Å². The second kappa shape index (κ2) is 8.50. The molecule has 1 rings (SSSR count). The van der Waals surface area contributed by atoms with Crippen LogP contribution in [0.3, 0.4) is 0 Å². The van der Waals surface area contributed by atoms with Crippen molar-refractivity contribution in [3.05, 3.63) is 51.9 Å². The summed E-state index contributed by atoms with van der Waals surface area (Å²) < 4.78 is 4.98. The van der Waals surface area contributed by atoms with Gasteiger partial charge in [0, 0.05) is 29.8 Å². The molecule has 1 atom stereocenters. The summed E-state index contributed by atoms with van der Waals surface area (Å²) in [6.45, 7) is 2.90. The number of hydrogen-bond donors (Lipinski definition) is 1. The third-order valence-electron chi connectivity index (χ3n) is 2.99. The van der Waals surface area contributed by atoms with E-state index in [-0.39, 0.29) is 17.9 Å². The molecule has 118 valence electrons. The highest BCUT2D eigenvalue weighted by molar-refractivity contribution is 5.98. The first-order chi connectivity index (χ1) is 10.5. The Balaban J connectivity index is 2.73. The minimum atomic E-state index is -0.907. The molecule has 0 spiro atoms. The molecule has 8 heteroatoms. The predicted octanol–water partition coefficient (Wildman–Crippen LogP) is 2.07. The van der Waals surface area contributed by atoms with Crippen LogP contribution in [0, 0.1) is 10.1 Å². The van der Waals surface area contributed by atoms with E-state index in [4.69, 9.17) is 9.94 Å². The lowest BCUT2D eigenvalue weighted by Crippen LogP contribution is -2.20. The van der Waals surface area contributed by atoms with Crippen LogP contribution in [-0.2, 0) is 4.74 Å². The van der Waals surface area contributed by atoms with E-state index in [1.54, 1.807) is 13.0 Å². The Bertz CT molecular complexity index is 583. The van der Waals surface area contributed by atoms with Crippen LogP contribution >= 0.6 is 0 Å². The lowest BCUT2D eigenvalue weighted by Gasteiger charge is -2.08. The molecule has 0 aromatic carbocycles. The monoisotopic (exact) mass is 307 g/mol. The average Bonchev–Trinajstić information content (AvgIpc) is 2.55. The Morgan fingerprint density at radius 3 is 2.86 bits per heavy atom. The van der Waals surface area contributed by atoms with Crippen molar-refractivity contribution in [1.82, 2.24) is 4.98 Å². The summed E-state index contributed by atoms with van der Waals surface area (Å²) in [6.07, 6.45) is 4.65. The Labute approximate surface area is 127 Å². The molecule has 1 aromatic rings. The third-order valence-corrected chi connectivity index (χ3v) is 2.99. The van der Waals surface area contributed by atoms with Crippen molar-refractivity contribution in [3.8, 4) is 0 Å². The summed E-state index contributed by atoms with van der Waals surface area (Å²) >= 11 is 0. The van der Waals surface area contributed by atoms with Gasteiger partial charge in [-0.15, -0.1) is 0 Å². The van der Waals surface area contributed by atoms with E-state index in [2.05, 4.69) is 10.1 Å². The highest BCUT2D eigenvalue weighted by atomic mass is 16.6. The first kappa shape index (κ1) is 17.3. The lowest BCUT2D eigenvalue weighted by molar-refractivity contribution is -0.507. The number of esters is 1. The van der Waals surface area contributed by atoms with Crippen LogP contribution in [0.5, 0.6) is 0 Å². The minimum Gasteiger partial charge on any atom is -0.455 e. The molecule has 0 radical (unpaired) electrons. The molecule has 0 saturated heterocycles. The lowest BCUT2D eigenvalue weighted by atomic mass is 10.1. The maximum absolute atomic E-state index is 11.7.